The van der Waals surface area contributed by atoms with E-state index in [0.717, 1.165) is 12.1 Å². The molecule has 1 aliphatic heterocycles. The SMILES string of the molecule is CC(C)CNC(=O)CN1C(=O)N[C@](C)(c2cccc(C(F)(F)F)c2)C1=O. The monoisotopic (exact) mass is 371 g/mol. The quantitative estimate of drug-likeness (QED) is 0.780. The minimum absolute atomic E-state index is 0.00392. The third-order valence-electron chi connectivity index (χ3n) is 4.05. The van der Waals surface area contributed by atoms with Gasteiger partial charge in [-0.25, -0.2) is 4.79 Å². The lowest BCUT2D eigenvalue weighted by atomic mass is 9.90. The van der Waals surface area contributed by atoms with Crippen molar-refractivity contribution in [3.8, 4) is 0 Å². The Labute approximate surface area is 148 Å². The molecule has 1 heterocycles. The van der Waals surface area contributed by atoms with Gasteiger partial charge in [-0.2, -0.15) is 13.2 Å². The smallest absolute Gasteiger partial charge is 0.354 e. The maximum absolute atomic E-state index is 12.9. The Hall–Kier alpha value is -2.58. The summed E-state index contributed by atoms with van der Waals surface area (Å²) in [6.45, 7) is 4.98. The van der Waals surface area contributed by atoms with E-state index < -0.39 is 41.7 Å². The standard InChI is InChI=1S/C17H20F3N3O3/c1-10(2)8-21-13(24)9-23-14(25)16(3,22-15(23)26)11-5-4-6-12(7-11)17(18,19)20/h4-7,10H,8-9H2,1-3H3,(H,21,24)(H,22,26)/t16-/m1/s1. The summed E-state index contributed by atoms with van der Waals surface area (Å²) in [5.41, 5.74) is -2.60. The molecule has 142 valence electrons. The van der Waals surface area contributed by atoms with E-state index in [4.69, 9.17) is 0 Å². The Morgan fingerprint density at radius 3 is 2.54 bits per heavy atom. The Bertz CT molecular complexity index is 733. The van der Waals surface area contributed by atoms with Crippen LogP contribution < -0.4 is 10.6 Å². The number of hydrogen-bond acceptors (Lipinski definition) is 3. The summed E-state index contributed by atoms with van der Waals surface area (Å²) in [6, 6.07) is 3.37. The topological polar surface area (TPSA) is 78.5 Å². The van der Waals surface area contributed by atoms with Crippen molar-refractivity contribution in [1.82, 2.24) is 15.5 Å². The summed E-state index contributed by atoms with van der Waals surface area (Å²) in [5, 5.41) is 4.97. The van der Waals surface area contributed by atoms with E-state index in [9.17, 15) is 27.6 Å². The normalized spacial score (nSPS) is 20.5. The Morgan fingerprint density at radius 2 is 1.96 bits per heavy atom. The molecule has 6 nitrogen and oxygen atoms in total. The van der Waals surface area contributed by atoms with Crippen LogP contribution >= 0.6 is 0 Å². The highest BCUT2D eigenvalue weighted by molar-refractivity contribution is 6.09. The highest BCUT2D eigenvalue weighted by Gasteiger charge is 2.50. The average molecular weight is 371 g/mol. The summed E-state index contributed by atoms with van der Waals surface area (Å²) in [5.74, 6) is -1.10. The van der Waals surface area contributed by atoms with Gasteiger partial charge >= 0.3 is 12.2 Å². The van der Waals surface area contributed by atoms with Crippen LogP contribution in [0.15, 0.2) is 24.3 Å². The van der Waals surface area contributed by atoms with Crippen molar-refractivity contribution in [2.75, 3.05) is 13.1 Å². The van der Waals surface area contributed by atoms with Gasteiger partial charge in [0.1, 0.15) is 12.1 Å². The number of nitrogens with zero attached hydrogens (tertiary/aromatic N) is 1. The number of rotatable bonds is 5. The predicted octanol–water partition coefficient (Wildman–Crippen LogP) is 2.24. The first-order chi connectivity index (χ1) is 11.9. The van der Waals surface area contributed by atoms with Crippen molar-refractivity contribution < 1.29 is 27.6 Å². The fraction of sp³-hybridized carbons (Fsp3) is 0.471. The lowest BCUT2D eigenvalue weighted by molar-refractivity contribution is -0.138. The van der Waals surface area contributed by atoms with E-state index in [2.05, 4.69) is 10.6 Å². The van der Waals surface area contributed by atoms with Crippen molar-refractivity contribution in [3.63, 3.8) is 0 Å². The van der Waals surface area contributed by atoms with E-state index >= 15 is 0 Å². The van der Waals surface area contributed by atoms with E-state index in [-0.39, 0.29) is 11.5 Å². The third kappa shape index (κ3) is 3.97. The number of imide groups is 1. The largest absolute Gasteiger partial charge is 0.416 e. The molecular formula is C17H20F3N3O3. The first-order valence-electron chi connectivity index (χ1n) is 8.03. The molecule has 2 rings (SSSR count). The average Bonchev–Trinajstić information content (AvgIpc) is 2.76. The van der Waals surface area contributed by atoms with Gasteiger partial charge < -0.3 is 10.6 Å². The number of hydrogen-bond donors (Lipinski definition) is 2. The molecule has 1 aromatic rings. The van der Waals surface area contributed by atoms with Crippen LogP contribution in [0.2, 0.25) is 0 Å². The fourth-order valence-corrected chi connectivity index (χ4v) is 2.56. The van der Waals surface area contributed by atoms with Crippen molar-refractivity contribution in [3.05, 3.63) is 35.4 Å². The fourth-order valence-electron chi connectivity index (χ4n) is 2.56. The zero-order valence-corrected chi connectivity index (χ0v) is 14.6. The van der Waals surface area contributed by atoms with Gasteiger partial charge in [-0.05, 0) is 30.5 Å². The highest BCUT2D eigenvalue weighted by Crippen LogP contribution is 2.34. The van der Waals surface area contributed by atoms with Crippen LogP contribution in [-0.2, 0) is 21.3 Å². The zero-order valence-electron chi connectivity index (χ0n) is 14.6. The van der Waals surface area contributed by atoms with E-state index in [1.165, 1.54) is 19.1 Å². The van der Waals surface area contributed by atoms with Gasteiger partial charge in [0.25, 0.3) is 5.91 Å². The molecule has 0 bridgehead atoms. The second kappa shape index (κ2) is 6.97. The molecule has 1 atom stereocenters. The highest BCUT2D eigenvalue weighted by atomic mass is 19.4. The van der Waals surface area contributed by atoms with Crippen LogP contribution in [0.4, 0.5) is 18.0 Å². The first kappa shape index (κ1) is 19.7. The maximum atomic E-state index is 12.9. The van der Waals surface area contributed by atoms with Crippen molar-refractivity contribution in [2.24, 2.45) is 5.92 Å². The summed E-state index contributed by atoms with van der Waals surface area (Å²) < 4.78 is 38.7. The van der Waals surface area contributed by atoms with Gasteiger partial charge in [0.05, 0.1) is 5.56 Å². The van der Waals surface area contributed by atoms with Crippen molar-refractivity contribution in [2.45, 2.75) is 32.5 Å². The van der Waals surface area contributed by atoms with Crippen LogP contribution in [0.25, 0.3) is 0 Å². The van der Waals surface area contributed by atoms with Gasteiger partial charge in [-0.1, -0.05) is 26.0 Å². The molecule has 1 saturated heterocycles. The minimum Gasteiger partial charge on any atom is -0.354 e. The first-order valence-corrected chi connectivity index (χ1v) is 8.03. The molecule has 1 aliphatic rings. The second-order valence-corrected chi connectivity index (χ2v) is 6.72. The number of amides is 4. The van der Waals surface area contributed by atoms with Crippen LogP contribution in [0, 0.1) is 5.92 Å². The van der Waals surface area contributed by atoms with Crippen molar-refractivity contribution in [1.29, 1.82) is 0 Å². The van der Waals surface area contributed by atoms with Crippen LogP contribution in [0.3, 0.4) is 0 Å². The zero-order chi connectivity index (χ0) is 19.7. The van der Waals surface area contributed by atoms with Gasteiger partial charge in [-0.3, -0.25) is 14.5 Å². The Morgan fingerprint density at radius 1 is 1.31 bits per heavy atom. The van der Waals surface area contributed by atoms with Gasteiger partial charge in [0.15, 0.2) is 0 Å². The number of carbonyl (C=O) groups excluding carboxylic acids is 3. The van der Waals surface area contributed by atoms with Gasteiger partial charge in [-0.15, -0.1) is 0 Å². The summed E-state index contributed by atoms with van der Waals surface area (Å²) in [7, 11) is 0. The molecule has 0 saturated carbocycles. The van der Waals surface area contributed by atoms with Gasteiger partial charge in [0.2, 0.25) is 5.91 Å². The summed E-state index contributed by atoms with van der Waals surface area (Å²) in [6.07, 6.45) is -4.57. The van der Waals surface area contributed by atoms with Crippen LogP contribution in [0.1, 0.15) is 31.9 Å². The second-order valence-electron chi connectivity index (χ2n) is 6.72. The van der Waals surface area contributed by atoms with Gasteiger partial charge in [0, 0.05) is 6.54 Å². The molecule has 0 unspecified atom stereocenters. The Balaban J connectivity index is 2.22. The molecule has 0 aliphatic carbocycles. The molecule has 1 fully saturated rings. The van der Waals surface area contributed by atoms with E-state index in [1.807, 2.05) is 13.8 Å². The molecule has 0 spiro atoms. The molecule has 4 amide bonds. The van der Waals surface area contributed by atoms with Crippen LogP contribution in [0.5, 0.6) is 0 Å². The molecular weight excluding hydrogens is 351 g/mol. The number of benzene rings is 1. The number of halogens is 3. The molecule has 1 aromatic carbocycles. The predicted molar refractivity (Wildman–Crippen MR) is 86.9 cm³/mol. The molecule has 0 aromatic heterocycles. The minimum atomic E-state index is -4.57. The van der Waals surface area contributed by atoms with Crippen molar-refractivity contribution >= 4 is 17.8 Å². The molecule has 2 N–H and O–H groups in total. The lowest BCUT2D eigenvalue weighted by Crippen LogP contribution is -2.43. The number of nitrogens with one attached hydrogen (secondary N) is 2. The molecule has 9 heteroatoms. The third-order valence-corrected chi connectivity index (χ3v) is 4.05. The number of urea groups is 1. The number of carbonyl (C=O) groups is 3. The molecule has 0 radical (unpaired) electrons. The number of alkyl halides is 3. The summed E-state index contributed by atoms with van der Waals surface area (Å²) >= 11 is 0. The van der Waals surface area contributed by atoms with E-state index in [0.29, 0.717) is 11.4 Å². The Kier molecular flexibility index (Phi) is 5.29. The lowest BCUT2D eigenvalue weighted by Gasteiger charge is -2.23. The maximum Gasteiger partial charge on any atom is 0.416 e. The molecule has 26 heavy (non-hydrogen) atoms. The van der Waals surface area contributed by atoms with E-state index in [1.54, 1.807) is 0 Å². The van der Waals surface area contributed by atoms with Crippen LogP contribution in [-0.4, -0.2) is 35.8 Å². The summed E-state index contributed by atoms with van der Waals surface area (Å²) in [4.78, 5) is 37.4.